The average Bonchev–Trinajstić information content (AvgIpc) is 3.46. The number of carbonyl (C=O) groups is 3. The fourth-order valence-corrected chi connectivity index (χ4v) is 5.92. The zero-order valence-corrected chi connectivity index (χ0v) is 20.1. The molecule has 1 aromatic rings. The Hall–Kier alpha value is -2.42. The van der Waals surface area contributed by atoms with Crippen LogP contribution < -0.4 is 4.90 Å². The van der Waals surface area contributed by atoms with Crippen molar-refractivity contribution in [2.75, 3.05) is 31.2 Å². The highest BCUT2D eigenvalue weighted by Crippen LogP contribution is 2.58. The molecule has 1 N–H and O–H groups in total. The van der Waals surface area contributed by atoms with E-state index in [0.717, 1.165) is 0 Å². The van der Waals surface area contributed by atoms with E-state index in [4.69, 9.17) is 21.1 Å². The molecular formula is C25H31ClN2O6. The van der Waals surface area contributed by atoms with Gasteiger partial charge in [-0.25, -0.2) is 0 Å². The minimum absolute atomic E-state index is 0.00734. The lowest BCUT2D eigenvalue weighted by atomic mass is 9.70. The molecule has 0 aromatic heterocycles. The molecule has 0 aliphatic carbocycles. The van der Waals surface area contributed by atoms with Crippen LogP contribution in [0.25, 0.3) is 0 Å². The van der Waals surface area contributed by atoms with E-state index in [1.165, 1.54) is 0 Å². The molecule has 3 saturated heterocycles. The maximum absolute atomic E-state index is 14.1. The number of amides is 2. The van der Waals surface area contributed by atoms with Crippen LogP contribution in [-0.2, 0) is 23.9 Å². The summed E-state index contributed by atoms with van der Waals surface area (Å²) in [7, 11) is 0. The summed E-state index contributed by atoms with van der Waals surface area (Å²) in [6, 6.07) is 6.02. The van der Waals surface area contributed by atoms with Crippen LogP contribution in [0.3, 0.4) is 0 Å². The van der Waals surface area contributed by atoms with E-state index in [1.54, 1.807) is 47.1 Å². The molecule has 34 heavy (non-hydrogen) atoms. The topological polar surface area (TPSA) is 96.4 Å². The lowest BCUT2D eigenvalue weighted by molar-refractivity contribution is -0.154. The molecule has 4 rings (SSSR count). The largest absolute Gasteiger partial charge is 0.466 e. The predicted molar refractivity (Wildman–Crippen MR) is 126 cm³/mol. The van der Waals surface area contributed by atoms with Gasteiger partial charge in [0.05, 0.1) is 24.5 Å². The highest BCUT2D eigenvalue weighted by atomic mass is 35.5. The number of ether oxygens (including phenoxy) is 2. The Labute approximate surface area is 204 Å². The number of benzene rings is 1. The first-order valence-electron chi connectivity index (χ1n) is 11.8. The summed E-state index contributed by atoms with van der Waals surface area (Å²) in [4.78, 5) is 43.8. The number of hydrogen-bond donors (Lipinski definition) is 1. The number of esters is 1. The van der Waals surface area contributed by atoms with Gasteiger partial charge in [-0.3, -0.25) is 14.4 Å². The summed E-state index contributed by atoms with van der Waals surface area (Å²) < 4.78 is 11.7. The zero-order chi connectivity index (χ0) is 24.5. The highest BCUT2D eigenvalue weighted by molar-refractivity contribution is 6.30. The highest BCUT2D eigenvalue weighted by Gasteiger charge is 2.75. The molecule has 184 valence electrons. The van der Waals surface area contributed by atoms with Crippen LogP contribution in [0.1, 0.15) is 32.6 Å². The summed E-state index contributed by atoms with van der Waals surface area (Å²) >= 11 is 6.05. The van der Waals surface area contributed by atoms with Crippen LogP contribution in [-0.4, -0.2) is 71.8 Å². The number of carbonyl (C=O) groups excluding carboxylic acids is 3. The first-order chi connectivity index (χ1) is 16.4. The van der Waals surface area contributed by atoms with Gasteiger partial charge in [-0.1, -0.05) is 17.7 Å². The van der Waals surface area contributed by atoms with E-state index in [-0.39, 0.29) is 31.6 Å². The molecule has 0 radical (unpaired) electrons. The van der Waals surface area contributed by atoms with Crippen molar-refractivity contribution in [3.8, 4) is 0 Å². The summed E-state index contributed by atoms with van der Waals surface area (Å²) in [6.07, 6.45) is 3.32. The molecule has 9 heteroatoms. The standard InChI is InChI=1S/C25H31ClN2O6/c1-3-13-27(17-9-7-16(26)8-10-17)23(31)21-25-12-11-18(34-25)19(24(32)33-4-2)20(25)22(30)28(21)14-5-6-15-29/h3,7-10,18-21,29H,1,4-6,11-15H2,2H3/t18-,19+,20-,21?,25?/m0/s1. The predicted octanol–water partition coefficient (Wildman–Crippen LogP) is 2.57. The van der Waals surface area contributed by atoms with E-state index < -0.39 is 35.6 Å². The first kappa shape index (κ1) is 24.7. The van der Waals surface area contributed by atoms with Gasteiger partial charge in [-0.2, -0.15) is 0 Å². The monoisotopic (exact) mass is 490 g/mol. The third-order valence-electron chi connectivity index (χ3n) is 7.12. The van der Waals surface area contributed by atoms with Crippen molar-refractivity contribution in [2.24, 2.45) is 11.8 Å². The quantitative estimate of drug-likeness (QED) is 0.307. The van der Waals surface area contributed by atoms with Gasteiger partial charge in [0.25, 0.3) is 5.91 Å². The van der Waals surface area contributed by atoms with Crippen LogP contribution in [0, 0.1) is 11.8 Å². The number of likely N-dealkylation sites (tertiary alicyclic amines) is 1. The minimum Gasteiger partial charge on any atom is -0.466 e. The van der Waals surface area contributed by atoms with Crippen molar-refractivity contribution in [1.82, 2.24) is 4.90 Å². The third-order valence-corrected chi connectivity index (χ3v) is 7.37. The number of fused-ring (bicyclic) bond motifs is 1. The molecule has 3 fully saturated rings. The number of anilines is 1. The molecule has 3 aliphatic rings. The van der Waals surface area contributed by atoms with Crippen molar-refractivity contribution in [2.45, 2.75) is 50.4 Å². The average molecular weight is 491 g/mol. The number of aliphatic hydroxyl groups is 1. The number of nitrogens with zero attached hydrogens (tertiary/aromatic N) is 2. The lowest BCUT2D eigenvalue weighted by Crippen LogP contribution is -2.56. The number of halogens is 1. The van der Waals surface area contributed by atoms with Crippen molar-refractivity contribution >= 4 is 35.1 Å². The van der Waals surface area contributed by atoms with Crippen molar-refractivity contribution in [3.05, 3.63) is 41.9 Å². The van der Waals surface area contributed by atoms with E-state index >= 15 is 0 Å². The first-order valence-corrected chi connectivity index (χ1v) is 12.2. The SMILES string of the molecule is C=CCN(C(=O)C1N(CCCCO)C(=O)[C@@H]2[C@H](C(=O)OCC)[C@@H]3CCC12O3)c1ccc(Cl)cc1. The van der Waals surface area contributed by atoms with Crippen LogP contribution in [0.5, 0.6) is 0 Å². The van der Waals surface area contributed by atoms with Gasteiger partial charge in [0.1, 0.15) is 11.6 Å². The normalized spacial score (nSPS) is 29.3. The second kappa shape index (κ2) is 10.1. The van der Waals surface area contributed by atoms with Gasteiger partial charge in [0, 0.05) is 30.4 Å². The molecule has 2 bridgehead atoms. The number of hydrogen-bond acceptors (Lipinski definition) is 6. The molecular weight excluding hydrogens is 460 g/mol. The minimum atomic E-state index is -1.08. The third kappa shape index (κ3) is 4.01. The maximum Gasteiger partial charge on any atom is 0.312 e. The second-order valence-electron chi connectivity index (χ2n) is 8.98. The van der Waals surface area contributed by atoms with E-state index in [2.05, 4.69) is 6.58 Å². The summed E-state index contributed by atoms with van der Waals surface area (Å²) in [5, 5.41) is 9.81. The Morgan fingerprint density at radius 3 is 2.74 bits per heavy atom. The van der Waals surface area contributed by atoms with Crippen LogP contribution in [0.2, 0.25) is 5.02 Å². The molecule has 8 nitrogen and oxygen atoms in total. The van der Waals surface area contributed by atoms with Gasteiger partial charge < -0.3 is 24.4 Å². The van der Waals surface area contributed by atoms with Gasteiger partial charge in [-0.05, 0) is 56.9 Å². The van der Waals surface area contributed by atoms with Crippen molar-refractivity contribution in [3.63, 3.8) is 0 Å². The Kier molecular flexibility index (Phi) is 7.31. The molecule has 3 heterocycles. The molecule has 1 spiro atoms. The smallest absolute Gasteiger partial charge is 0.312 e. The van der Waals surface area contributed by atoms with E-state index in [1.807, 2.05) is 0 Å². The maximum atomic E-state index is 14.1. The molecule has 2 unspecified atom stereocenters. The van der Waals surface area contributed by atoms with Crippen molar-refractivity contribution < 1.29 is 29.0 Å². The number of unbranched alkanes of at least 4 members (excludes halogenated alkanes) is 1. The molecule has 0 saturated carbocycles. The number of rotatable bonds is 10. The fraction of sp³-hybridized carbons (Fsp3) is 0.560. The zero-order valence-electron chi connectivity index (χ0n) is 19.3. The fourth-order valence-electron chi connectivity index (χ4n) is 5.79. The summed E-state index contributed by atoms with van der Waals surface area (Å²) in [5.41, 5.74) is -0.451. The Bertz CT molecular complexity index is 953. The van der Waals surface area contributed by atoms with Crippen molar-refractivity contribution in [1.29, 1.82) is 0 Å². The lowest BCUT2D eigenvalue weighted by Gasteiger charge is -2.36. The van der Waals surface area contributed by atoms with Crippen LogP contribution in [0.15, 0.2) is 36.9 Å². The van der Waals surface area contributed by atoms with Gasteiger partial charge in [0.2, 0.25) is 5.91 Å². The summed E-state index contributed by atoms with van der Waals surface area (Å²) in [5.74, 6) is -2.47. The van der Waals surface area contributed by atoms with Gasteiger partial charge in [-0.15, -0.1) is 6.58 Å². The molecule has 2 amide bonds. The molecule has 3 aliphatic heterocycles. The molecule has 5 atom stereocenters. The molecule has 1 aromatic carbocycles. The van der Waals surface area contributed by atoms with Gasteiger partial charge >= 0.3 is 5.97 Å². The van der Waals surface area contributed by atoms with E-state index in [9.17, 15) is 19.5 Å². The Morgan fingerprint density at radius 2 is 2.09 bits per heavy atom. The second-order valence-corrected chi connectivity index (χ2v) is 9.42. The summed E-state index contributed by atoms with van der Waals surface area (Å²) in [6.45, 7) is 6.25. The van der Waals surface area contributed by atoms with Gasteiger partial charge in [0.15, 0.2) is 0 Å². The Balaban J connectivity index is 1.74. The van der Waals surface area contributed by atoms with Crippen LogP contribution in [0.4, 0.5) is 5.69 Å². The van der Waals surface area contributed by atoms with E-state index in [0.29, 0.717) is 42.9 Å². The number of aliphatic hydroxyl groups excluding tert-OH is 1. The van der Waals surface area contributed by atoms with Crippen LogP contribution >= 0.6 is 11.6 Å². The Morgan fingerprint density at radius 1 is 1.35 bits per heavy atom.